The lowest BCUT2D eigenvalue weighted by Crippen LogP contribution is -2.23. The Kier molecular flexibility index (Phi) is 2.55. The van der Waals surface area contributed by atoms with Crippen molar-refractivity contribution < 1.29 is 0 Å². The summed E-state index contributed by atoms with van der Waals surface area (Å²) in [6, 6.07) is 0. The number of fused-ring (bicyclic) bond motifs is 1. The molecule has 1 aromatic rings. The van der Waals surface area contributed by atoms with Crippen LogP contribution in [0.15, 0.2) is 12.2 Å². The number of allylic oxidation sites excluding steroid dienone is 2. The highest BCUT2D eigenvalue weighted by Crippen LogP contribution is 2.07. The molecule has 0 N–H and O–H groups in total. The predicted octanol–water partition coefficient (Wildman–Crippen LogP) is 1.85. The lowest BCUT2D eigenvalue weighted by molar-refractivity contribution is 0.923. The highest BCUT2D eigenvalue weighted by atomic mass is 32.1. The number of nitrogens with zero attached hydrogens (tertiary/aromatic N) is 1. The van der Waals surface area contributed by atoms with Gasteiger partial charge >= 0.3 is 0 Å². The molecule has 1 nitrogen and oxygen atoms in total. The SMILES string of the molecule is Cc1nc2/c(s1)=C\C(C)/C=C\C(C)\C=2. The van der Waals surface area contributed by atoms with Crippen LogP contribution >= 0.6 is 11.3 Å². The van der Waals surface area contributed by atoms with Gasteiger partial charge in [0.05, 0.1) is 14.9 Å². The van der Waals surface area contributed by atoms with E-state index >= 15 is 0 Å². The van der Waals surface area contributed by atoms with Crippen LogP contribution in [0.3, 0.4) is 0 Å². The number of hydrogen-bond donors (Lipinski definition) is 0. The minimum Gasteiger partial charge on any atom is -0.242 e. The molecule has 0 radical (unpaired) electrons. The van der Waals surface area contributed by atoms with E-state index in [1.807, 2.05) is 0 Å². The number of hydrogen-bond acceptors (Lipinski definition) is 2. The summed E-state index contributed by atoms with van der Waals surface area (Å²) < 4.78 is 1.33. The van der Waals surface area contributed by atoms with Crippen LogP contribution in [0.2, 0.25) is 0 Å². The van der Waals surface area contributed by atoms with E-state index in [1.54, 1.807) is 11.3 Å². The minimum atomic E-state index is 0.492. The molecule has 0 fully saturated rings. The zero-order chi connectivity index (χ0) is 10.1. The van der Waals surface area contributed by atoms with Gasteiger partial charge in [-0.2, -0.15) is 0 Å². The Morgan fingerprint density at radius 1 is 1.14 bits per heavy atom. The molecule has 74 valence electrons. The Morgan fingerprint density at radius 2 is 1.79 bits per heavy atom. The summed E-state index contributed by atoms with van der Waals surface area (Å²) in [4.78, 5) is 4.54. The topological polar surface area (TPSA) is 12.9 Å². The molecular weight excluding hydrogens is 190 g/mol. The second kappa shape index (κ2) is 3.70. The van der Waals surface area contributed by atoms with Gasteiger partial charge in [0.2, 0.25) is 0 Å². The van der Waals surface area contributed by atoms with Gasteiger partial charge in [0.25, 0.3) is 0 Å². The van der Waals surface area contributed by atoms with E-state index < -0.39 is 0 Å². The normalized spacial score (nSPS) is 32.8. The van der Waals surface area contributed by atoms with Crippen molar-refractivity contribution in [2.75, 3.05) is 0 Å². The van der Waals surface area contributed by atoms with Gasteiger partial charge in [-0.3, -0.25) is 0 Å². The summed E-state index contributed by atoms with van der Waals surface area (Å²) in [5, 5.41) is 2.32. The van der Waals surface area contributed by atoms with Gasteiger partial charge in [0.1, 0.15) is 0 Å². The first-order chi connectivity index (χ1) is 6.65. The maximum absolute atomic E-state index is 4.54. The highest BCUT2D eigenvalue weighted by molar-refractivity contribution is 7.09. The number of aryl methyl sites for hydroxylation is 1. The lowest BCUT2D eigenvalue weighted by atomic mass is 10.0. The minimum absolute atomic E-state index is 0.492. The summed E-state index contributed by atoms with van der Waals surface area (Å²) in [7, 11) is 0. The summed E-state index contributed by atoms with van der Waals surface area (Å²) >= 11 is 1.79. The van der Waals surface area contributed by atoms with Gasteiger partial charge in [-0.05, 0) is 18.8 Å². The standard InChI is InChI=1S/C12H15NS/c1-8-4-5-9(2)7-12-11(6-8)13-10(3)14-12/h4-9H,1-3H3/b5-4-,11-6+,12-7+. The largest absolute Gasteiger partial charge is 0.242 e. The zero-order valence-electron chi connectivity index (χ0n) is 8.82. The highest BCUT2D eigenvalue weighted by Gasteiger charge is 2.02. The quantitative estimate of drug-likeness (QED) is 0.589. The first-order valence-electron chi connectivity index (χ1n) is 5.00. The fourth-order valence-corrected chi connectivity index (χ4v) is 2.61. The fourth-order valence-electron chi connectivity index (χ4n) is 1.65. The van der Waals surface area contributed by atoms with Crippen molar-refractivity contribution in [3.63, 3.8) is 0 Å². The molecule has 0 amide bonds. The van der Waals surface area contributed by atoms with Crippen LogP contribution in [0.25, 0.3) is 12.2 Å². The van der Waals surface area contributed by atoms with Crippen LogP contribution in [-0.4, -0.2) is 4.98 Å². The molecule has 0 bridgehead atoms. The molecule has 0 saturated heterocycles. The second-order valence-corrected chi connectivity index (χ2v) is 5.15. The van der Waals surface area contributed by atoms with Crippen molar-refractivity contribution in [2.45, 2.75) is 20.8 Å². The Morgan fingerprint density at radius 3 is 2.50 bits per heavy atom. The monoisotopic (exact) mass is 205 g/mol. The number of aromatic nitrogens is 1. The van der Waals surface area contributed by atoms with Crippen molar-refractivity contribution in [3.05, 3.63) is 27.0 Å². The van der Waals surface area contributed by atoms with E-state index in [0.29, 0.717) is 11.8 Å². The van der Waals surface area contributed by atoms with Gasteiger partial charge < -0.3 is 0 Å². The third-order valence-electron chi connectivity index (χ3n) is 2.34. The first-order valence-corrected chi connectivity index (χ1v) is 5.82. The molecule has 0 aliphatic heterocycles. The van der Waals surface area contributed by atoms with Crippen molar-refractivity contribution in [3.8, 4) is 0 Å². The Bertz CT molecular complexity index is 426. The van der Waals surface area contributed by atoms with Crippen molar-refractivity contribution in [2.24, 2.45) is 11.8 Å². The summed E-state index contributed by atoms with van der Waals surface area (Å²) in [6.07, 6.45) is 9.04. The van der Waals surface area contributed by atoms with E-state index in [9.17, 15) is 0 Å². The third-order valence-corrected chi connectivity index (χ3v) is 3.29. The van der Waals surface area contributed by atoms with Gasteiger partial charge in [-0.25, -0.2) is 4.98 Å². The van der Waals surface area contributed by atoms with Gasteiger partial charge in [-0.15, -0.1) is 11.3 Å². The molecule has 0 saturated carbocycles. The smallest absolute Gasteiger partial charge is 0.0907 e. The number of thiazole rings is 1. The van der Waals surface area contributed by atoms with Crippen LogP contribution < -0.4 is 9.88 Å². The number of rotatable bonds is 0. The molecule has 0 spiro atoms. The molecule has 2 unspecified atom stereocenters. The Balaban J connectivity index is 2.68. The van der Waals surface area contributed by atoms with Crippen LogP contribution in [0, 0.1) is 18.8 Å². The first kappa shape index (κ1) is 9.66. The zero-order valence-corrected chi connectivity index (χ0v) is 9.64. The van der Waals surface area contributed by atoms with Crippen LogP contribution in [0.1, 0.15) is 18.9 Å². The van der Waals surface area contributed by atoms with E-state index in [4.69, 9.17) is 0 Å². The molecule has 14 heavy (non-hydrogen) atoms. The predicted molar refractivity (Wildman–Crippen MR) is 62.5 cm³/mol. The summed E-state index contributed by atoms with van der Waals surface area (Å²) in [5.74, 6) is 1.01. The van der Waals surface area contributed by atoms with Crippen molar-refractivity contribution >= 4 is 23.5 Å². The molecule has 1 heterocycles. The molecule has 0 aromatic carbocycles. The maximum atomic E-state index is 4.54. The Hall–Kier alpha value is -0.890. The second-order valence-electron chi connectivity index (χ2n) is 3.92. The molecule has 1 aliphatic rings. The van der Waals surface area contributed by atoms with E-state index in [-0.39, 0.29) is 0 Å². The molecule has 2 atom stereocenters. The van der Waals surface area contributed by atoms with E-state index in [1.165, 1.54) is 4.53 Å². The van der Waals surface area contributed by atoms with Crippen LogP contribution in [0.5, 0.6) is 0 Å². The lowest BCUT2D eigenvalue weighted by Gasteiger charge is -2.02. The molecule has 2 heteroatoms. The average Bonchev–Trinajstić information content (AvgIpc) is 2.41. The average molecular weight is 205 g/mol. The van der Waals surface area contributed by atoms with Gasteiger partial charge in [0, 0.05) is 0 Å². The Labute approximate surface area is 88.5 Å². The van der Waals surface area contributed by atoms with E-state index in [0.717, 1.165) is 10.4 Å². The fraction of sp³-hybridized carbons (Fsp3) is 0.417. The molecule has 1 aromatic heterocycles. The van der Waals surface area contributed by atoms with Crippen molar-refractivity contribution in [1.29, 1.82) is 0 Å². The maximum Gasteiger partial charge on any atom is 0.0907 e. The van der Waals surface area contributed by atoms with Crippen molar-refractivity contribution in [1.82, 2.24) is 4.98 Å². The summed E-state index contributed by atoms with van der Waals surface area (Å²) in [5.41, 5.74) is 0. The van der Waals surface area contributed by atoms with Gasteiger partial charge in [0.15, 0.2) is 0 Å². The van der Waals surface area contributed by atoms with Crippen LogP contribution in [-0.2, 0) is 0 Å². The molecular formula is C12H15NS. The van der Waals surface area contributed by atoms with Crippen LogP contribution in [0.4, 0.5) is 0 Å². The molecule has 1 aliphatic carbocycles. The third kappa shape index (κ3) is 1.95. The van der Waals surface area contributed by atoms with E-state index in [2.05, 4.69) is 50.1 Å². The van der Waals surface area contributed by atoms with Gasteiger partial charge in [-0.1, -0.05) is 38.2 Å². The molecule has 2 rings (SSSR count). The summed E-state index contributed by atoms with van der Waals surface area (Å²) in [6.45, 7) is 6.49.